The van der Waals surface area contributed by atoms with Crippen LogP contribution in [0.25, 0.3) is 0 Å². The summed E-state index contributed by atoms with van der Waals surface area (Å²) in [4.78, 5) is 24.6. The van der Waals surface area contributed by atoms with Crippen molar-refractivity contribution in [2.45, 2.75) is 13.5 Å². The van der Waals surface area contributed by atoms with Crippen LogP contribution in [0.4, 0.5) is 0 Å². The maximum absolute atomic E-state index is 12.4. The van der Waals surface area contributed by atoms with E-state index >= 15 is 0 Å². The Morgan fingerprint density at radius 2 is 1.58 bits per heavy atom. The first-order valence-corrected chi connectivity index (χ1v) is 10.1. The highest BCUT2D eigenvalue weighted by molar-refractivity contribution is 6.32. The van der Waals surface area contributed by atoms with E-state index in [1.54, 1.807) is 24.3 Å². The highest BCUT2D eigenvalue weighted by atomic mass is 35.5. The molecule has 0 N–H and O–H groups in total. The van der Waals surface area contributed by atoms with Gasteiger partial charge in [0.15, 0.2) is 23.9 Å². The number of hydrogen-bond donors (Lipinski definition) is 0. The molecule has 5 nitrogen and oxygen atoms in total. The fourth-order valence-electron chi connectivity index (χ4n) is 2.75. The lowest BCUT2D eigenvalue weighted by atomic mass is 10.1. The van der Waals surface area contributed by atoms with Gasteiger partial charge in [-0.1, -0.05) is 53.0 Å². The van der Waals surface area contributed by atoms with Gasteiger partial charge in [-0.25, -0.2) is 4.79 Å². The Kier molecular flexibility index (Phi) is 7.55. The summed E-state index contributed by atoms with van der Waals surface area (Å²) >= 11 is 12.1. The van der Waals surface area contributed by atoms with Crippen molar-refractivity contribution < 1.29 is 23.8 Å². The van der Waals surface area contributed by atoms with Crippen molar-refractivity contribution in [1.29, 1.82) is 0 Å². The first kappa shape index (κ1) is 22.7. The number of esters is 1. The van der Waals surface area contributed by atoms with Crippen LogP contribution in [0.15, 0.2) is 60.7 Å². The molecular formula is C24H20Cl2O5. The lowest BCUT2D eigenvalue weighted by molar-refractivity contribution is 0.0474. The van der Waals surface area contributed by atoms with Gasteiger partial charge in [-0.05, 0) is 48.9 Å². The summed E-state index contributed by atoms with van der Waals surface area (Å²) in [6, 6.07) is 17.1. The molecule has 31 heavy (non-hydrogen) atoms. The quantitative estimate of drug-likeness (QED) is 0.309. The zero-order valence-electron chi connectivity index (χ0n) is 17.0. The molecular weight excluding hydrogens is 439 g/mol. The van der Waals surface area contributed by atoms with Crippen LogP contribution in [-0.2, 0) is 11.3 Å². The van der Waals surface area contributed by atoms with E-state index in [4.69, 9.17) is 37.4 Å². The number of carbonyl (C=O) groups excluding carboxylic acids is 2. The molecule has 0 amide bonds. The maximum Gasteiger partial charge on any atom is 0.338 e. The molecule has 0 aromatic heterocycles. The summed E-state index contributed by atoms with van der Waals surface area (Å²) in [5, 5.41) is 0.711. The highest BCUT2D eigenvalue weighted by Crippen LogP contribution is 2.37. The van der Waals surface area contributed by atoms with Crippen LogP contribution < -0.4 is 9.47 Å². The van der Waals surface area contributed by atoms with Gasteiger partial charge in [0.05, 0.1) is 17.7 Å². The van der Waals surface area contributed by atoms with Gasteiger partial charge in [0.25, 0.3) is 0 Å². The standard InChI is InChI=1S/C24H20Cl2O5/c1-15-3-5-16(6-4-15)13-30-23-20(26)11-18(12-22(23)29-2)24(28)31-14-21(27)17-7-9-19(25)10-8-17/h3-12H,13-14H2,1-2H3. The van der Waals surface area contributed by atoms with Gasteiger partial charge in [-0.3, -0.25) is 4.79 Å². The molecule has 0 heterocycles. The van der Waals surface area contributed by atoms with Crippen LogP contribution in [0.1, 0.15) is 31.8 Å². The van der Waals surface area contributed by atoms with Crippen LogP contribution in [-0.4, -0.2) is 25.5 Å². The van der Waals surface area contributed by atoms with Crippen LogP contribution in [0.5, 0.6) is 11.5 Å². The van der Waals surface area contributed by atoms with E-state index in [9.17, 15) is 9.59 Å². The predicted octanol–water partition coefficient (Wildman–Crippen LogP) is 5.93. The van der Waals surface area contributed by atoms with E-state index < -0.39 is 12.6 Å². The summed E-state index contributed by atoms with van der Waals surface area (Å²) in [7, 11) is 1.45. The molecule has 3 aromatic carbocycles. The molecule has 160 valence electrons. The van der Waals surface area contributed by atoms with Gasteiger partial charge in [0, 0.05) is 10.6 Å². The first-order valence-electron chi connectivity index (χ1n) is 9.39. The minimum absolute atomic E-state index is 0.147. The fraction of sp³-hybridized carbons (Fsp3) is 0.167. The zero-order valence-corrected chi connectivity index (χ0v) is 18.5. The van der Waals surface area contributed by atoms with Crippen LogP contribution >= 0.6 is 23.2 Å². The van der Waals surface area contributed by atoms with Gasteiger partial charge in [0.2, 0.25) is 0 Å². The predicted molar refractivity (Wildman–Crippen MR) is 120 cm³/mol. The molecule has 7 heteroatoms. The number of ketones is 1. The molecule has 0 aliphatic heterocycles. The minimum Gasteiger partial charge on any atom is -0.493 e. The minimum atomic E-state index is -0.701. The Balaban J connectivity index is 1.67. The van der Waals surface area contributed by atoms with Gasteiger partial charge >= 0.3 is 5.97 Å². The molecule has 3 rings (SSSR count). The maximum atomic E-state index is 12.4. The third kappa shape index (κ3) is 6.00. The van der Waals surface area contributed by atoms with E-state index in [0.717, 1.165) is 11.1 Å². The van der Waals surface area contributed by atoms with Crippen LogP contribution in [0.2, 0.25) is 10.0 Å². The first-order chi connectivity index (χ1) is 14.9. The van der Waals surface area contributed by atoms with Crippen LogP contribution in [0.3, 0.4) is 0 Å². The van der Waals surface area contributed by atoms with Crippen molar-refractivity contribution in [1.82, 2.24) is 0 Å². The van der Waals surface area contributed by atoms with Crippen molar-refractivity contribution in [2.75, 3.05) is 13.7 Å². The molecule has 0 spiro atoms. The van der Waals surface area contributed by atoms with E-state index in [0.29, 0.717) is 16.3 Å². The second kappa shape index (κ2) is 10.3. The van der Waals surface area contributed by atoms with E-state index in [-0.39, 0.29) is 28.7 Å². The molecule has 0 radical (unpaired) electrons. The molecule has 0 saturated heterocycles. The molecule has 0 fully saturated rings. The Morgan fingerprint density at radius 3 is 2.23 bits per heavy atom. The average molecular weight is 459 g/mol. The van der Waals surface area contributed by atoms with Gasteiger partial charge in [-0.15, -0.1) is 0 Å². The number of aryl methyl sites for hydroxylation is 1. The molecule has 0 aliphatic carbocycles. The third-order valence-corrected chi connectivity index (χ3v) is 5.00. The average Bonchev–Trinajstić information content (AvgIpc) is 2.77. The number of halogens is 2. The smallest absolute Gasteiger partial charge is 0.338 e. The zero-order chi connectivity index (χ0) is 22.4. The molecule has 0 bridgehead atoms. The van der Waals surface area contributed by atoms with E-state index in [2.05, 4.69) is 0 Å². The van der Waals surface area contributed by atoms with Crippen molar-refractivity contribution in [3.63, 3.8) is 0 Å². The third-order valence-electron chi connectivity index (χ3n) is 4.47. The van der Waals surface area contributed by atoms with Gasteiger partial charge in [-0.2, -0.15) is 0 Å². The number of ether oxygens (including phenoxy) is 3. The summed E-state index contributed by atoms with van der Waals surface area (Å²) in [5.41, 5.74) is 2.66. The van der Waals surface area contributed by atoms with Gasteiger partial charge in [0.1, 0.15) is 6.61 Å². The Labute approximate surface area is 190 Å². The molecule has 3 aromatic rings. The van der Waals surface area contributed by atoms with Crippen molar-refractivity contribution in [3.05, 3.63) is 93.0 Å². The molecule has 0 saturated carbocycles. The summed E-state index contributed by atoms with van der Waals surface area (Å²) in [6.45, 7) is 1.88. The van der Waals surface area contributed by atoms with Crippen molar-refractivity contribution in [3.8, 4) is 11.5 Å². The topological polar surface area (TPSA) is 61.8 Å². The lowest BCUT2D eigenvalue weighted by Crippen LogP contribution is -2.14. The number of hydrogen-bond acceptors (Lipinski definition) is 5. The SMILES string of the molecule is COc1cc(C(=O)OCC(=O)c2ccc(Cl)cc2)cc(Cl)c1OCc1ccc(C)cc1. The Bertz CT molecular complexity index is 1080. The molecule has 0 atom stereocenters. The van der Waals surface area contributed by atoms with Crippen molar-refractivity contribution in [2.24, 2.45) is 0 Å². The lowest BCUT2D eigenvalue weighted by Gasteiger charge is -2.14. The monoisotopic (exact) mass is 458 g/mol. The number of benzene rings is 3. The Hall–Kier alpha value is -3.02. The Morgan fingerprint density at radius 1 is 0.903 bits per heavy atom. The summed E-state index contributed by atoms with van der Waals surface area (Å²) < 4.78 is 16.3. The summed E-state index contributed by atoms with van der Waals surface area (Å²) in [6.07, 6.45) is 0. The number of rotatable bonds is 8. The van der Waals surface area contributed by atoms with Gasteiger partial charge < -0.3 is 14.2 Å². The normalized spacial score (nSPS) is 10.5. The second-order valence-electron chi connectivity index (χ2n) is 6.77. The molecule has 0 unspecified atom stereocenters. The fourth-order valence-corrected chi connectivity index (χ4v) is 3.14. The molecule has 0 aliphatic rings. The highest BCUT2D eigenvalue weighted by Gasteiger charge is 2.18. The van der Waals surface area contributed by atoms with E-state index in [1.807, 2.05) is 31.2 Å². The second-order valence-corrected chi connectivity index (χ2v) is 7.61. The van der Waals surface area contributed by atoms with Crippen molar-refractivity contribution >= 4 is 35.0 Å². The summed E-state index contributed by atoms with van der Waals surface area (Å²) in [5.74, 6) is -0.442. The largest absolute Gasteiger partial charge is 0.493 e. The number of Topliss-reactive ketones (excluding diaryl/α,β-unsaturated/α-hetero) is 1. The van der Waals surface area contributed by atoms with Crippen LogP contribution in [0, 0.1) is 6.92 Å². The van der Waals surface area contributed by atoms with E-state index in [1.165, 1.54) is 19.2 Å². The number of methoxy groups -OCH3 is 1. The number of carbonyl (C=O) groups is 2.